The Morgan fingerprint density at radius 1 is 1.04 bits per heavy atom. The molecule has 2 rings (SSSR count). The Balaban J connectivity index is 1.78. The number of hydrogen-bond acceptors (Lipinski definition) is 3. The fourth-order valence-corrected chi connectivity index (χ4v) is 2.52. The second kappa shape index (κ2) is 10.3. The molecular formula is C21H25FN2O3. The first-order valence-corrected chi connectivity index (χ1v) is 8.95. The highest BCUT2D eigenvalue weighted by molar-refractivity contribution is 5.88. The van der Waals surface area contributed by atoms with Crippen LogP contribution in [0.1, 0.15) is 19.4 Å². The van der Waals surface area contributed by atoms with E-state index in [-0.39, 0.29) is 43.1 Å². The summed E-state index contributed by atoms with van der Waals surface area (Å²) in [7, 11) is 0. The molecule has 5 nitrogen and oxygen atoms in total. The molecule has 0 aliphatic rings. The summed E-state index contributed by atoms with van der Waals surface area (Å²) in [5.74, 6) is -0.307. The van der Waals surface area contributed by atoms with Crippen molar-refractivity contribution in [1.82, 2.24) is 10.6 Å². The summed E-state index contributed by atoms with van der Waals surface area (Å²) in [5, 5.41) is 5.56. The van der Waals surface area contributed by atoms with Gasteiger partial charge in [0, 0.05) is 0 Å². The van der Waals surface area contributed by atoms with Gasteiger partial charge in [-0.25, -0.2) is 4.39 Å². The first kappa shape index (κ1) is 20.4. The Bertz CT molecular complexity index is 733. The zero-order valence-corrected chi connectivity index (χ0v) is 15.6. The molecule has 0 aliphatic heterocycles. The molecule has 27 heavy (non-hydrogen) atoms. The van der Waals surface area contributed by atoms with Gasteiger partial charge < -0.3 is 15.4 Å². The van der Waals surface area contributed by atoms with Crippen LogP contribution in [0.2, 0.25) is 0 Å². The van der Waals surface area contributed by atoms with Gasteiger partial charge in [-0.05, 0) is 35.7 Å². The van der Waals surface area contributed by atoms with Crippen LogP contribution in [0.15, 0.2) is 54.6 Å². The topological polar surface area (TPSA) is 67.4 Å². The van der Waals surface area contributed by atoms with E-state index in [9.17, 15) is 14.0 Å². The Kier molecular flexibility index (Phi) is 7.79. The summed E-state index contributed by atoms with van der Waals surface area (Å²) in [6.45, 7) is 4.29. The van der Waals surface area contributed by atoms with E-state index >= 15 is 0 Å². The third-order valence-corrected chi connectivity index (χ3v) is 3.96. The van der Waals surface area contributed by atoms with Crippen molar-refractivity contribution < 1.29 is 18.7 Å². The molecule has 0 saturated heterocycles. The van der Waals surface area contributed by atoms with Crippen LogP contribution in [0.5, 0.6) is 5.75 Å². The van der Waals surface area contributed by atoms with Crippen LogP contribution in [-0.4, -0.2) is 31.0 Å². The Morgan fingerprint density at radius 2 is 1.70 bits per heavy atom. The zero-order chi connectivity index (χ0) is 19.6. The molecule has 0 saturated carbocycles. The minimum Gasteiger partial charge on any atom is -0.492 e. The number of rotatable bonds is 9. The fraction of sp³-hybridized carbons (Fsp3) is 0.333. The summed E-state index contributed by atoms with van der Waals surface area (Å²) < 4.78 is 18.3. The molecule has 2 aromatic rings. The minimum atomic E-state index is -0.618. The molecule has 0 aromatic heterocycles. The van der Waals surface area contributed by atoms with Gasteiger partial charge in [-0.2, -0.15) is 0 Å². The number of benzene rings is 2. The van der Waals surface area contributed by atoms with Crippen LogP contribution in [-0.2, 0) is 16.0 Å². The predicted molar refractivity (Wildman–Crippen MR) is 102 cm³/mol. The number of amides is 2. The van der Waals surface area contributed by atoms with Gasteiger partial charge in [0.05, 0.1) is 13.0 Å². The minimum absolute atomic E-state index is 0.0530. The molecule has 2 N–H and O–H groups in total. The van der Waals surface area contributed by atoms with Crippen molar-refractivity contribution in [1.29, 1.82) is 0 Å². The van der Waals surface area contributed by atoms with Gasteiger partial charge in [0.2, 0.25) is 11.8 Å². The van der Waals surface area contributed by atoms with Gasteiger partial charge in [-0.3, -0.25) is 9.59 Å². The maximum absolute atomic E-state index is 12.8. The molecule has 6 heteroatoms. The molecule has 144 valence electrons. The summed E-state index contributed by atoms with van der Waals surface area (Å²) in [4.78, 5) is 24.6. The monoisotopic (exact) mass is 372 g/mol. The van der Waals surface area contributed by atoms with Crippen LogP contribution in [0.4, 0.5) is 4.39 Å². The van der Waals surface area contributed by atoms with E-state index in [1.165, 1.54) is 24.3 Å². The average Bonchev–Trinajstić information content (AvgIpc) is 2.65. The van der Waals surface area contributed by atoms with E-state index in [4.69, 9.17) is 4.74 Å². The Morgan fingerprint density at radius 3 is 2.33 bits per heavy atom. The van der Waals surface area contributed by atoms with E-state index < -0.39 is 6.04 Å². The van der Waals surface area contributed by atoms with E-state index in [1.807, 2.05) is 44.2 Å². The van der Waals surface area contributed by atoms with Gasteiger partial charge in [0.1, 0.15) is 24.2 Å². The molecule has 0 aliphatic carbocycles. The van der Waals surface area contributed by atoms with Crippen molar-refractivity contribution in [2.45, 2.75) is 26.3 Å². The van der Waals surface area contributed by atoms with E-state index in [0.717, 1.165) is 5.56 Å². The molecule has 1 unspecified atom stereocenters. The lowest BCUT2D eigenvalue weighted by Gasteiger charge is -2.22. The fourth-order valence-electron chi connectivity index (χ4n) is 2.52. The molecule has 0 fully saturated rings. The predicted octanol–water partition coefficient (Wildman–Crippen LogP) is 2.70. The number of hydrogen-bond donors (Lipinski definition) is 2. The lowest BCUT2D eigenvalue weighted by atomic mass is 10.0. The van der Waals surface area contributed by atoms with E-state index in [0.29, 0.717) is 5.75 Å². The van der Waals surface area contributed by atoms with Gasteiger partial charge >= 0.3 is 0 Å². The summed E-state index contributed by atoms with van der Waals surface area (Å²) in [6.07, 6.45) is 0.227. The normalized spacial score (nSPS) is 11.7. The van der Waals surface area contributed by atoms with Crippen LogP contribution in [0.3, 0.4) is 0 Å². The van der Waals surface area contributed by atoms with Gasteiger partial charge in [0.25, 0.3) is 0 Å². The van der Waals surface area contributed by atoms with Crippen LogP contribution < -0.4 is 15.4 Å². The SMILES string of the molecule is CC(C)C(NC(=O)Cc1ccccc1)C(=O)NCCOc1ccc(F)cc1. The van der Waals surface area contributed by atoms with Crippen LogP contribution >= 0.6 is 0 Å². The van der Waals surface area contributed by atoms with Crippen LogP contribution in [0.25, 0.3) is 0 Å². The first-order chi connectivity index (χ1) is 13.0. The standard InChI is InChI=1S/C21H25FN2O3/c1-15(2)20(24-19(25)14-16-6-4-3-5-7-16)21(26)23-12-13-27-18-10-8-17(22)9-11-18/h3-11,15,20H,12-14H2,1-2H3,(H,23,26)(H,24,25). The number of carbonyl (C=O) groups excluding carboxylic acids is 2. The zero-order valence-electron chi connectivity index (χ0n) is 15.6. The molecule has 2 aromatic carbocycles. The summed E-state index contributed by atoms with van der Waals surface area (Å²) in [6, 6.07) is 14.4. The molecule has 1 atom stereocenters. The summed E-state index contributed by atoms with van der Waals surface area (Å²) in [5.41, 5.74) is 0.894. The van der Waals surface area contributed by atoms with E-state index in [1.54, 1.807) is 0 Å². The number of nitrogens with one attached hydrogen (secondary N) is 2. The molecular weight excluding hydrogens is 347 g/mol. The highest BCUT2D eigenvalue weighted by Gasteiger charge is 2.23. The van der Waals surface area contributed by atoms with Crippen molar-refractivity contribution in [3.05, 3.63) is 66.0 Å². The molecule has 0 radical (unpaired) electrons. The average molecular weight is 372 g/mol. The van der Waals surface area contributed by atoms with Crippen LogP contribution in [0, 0.1) is 11.7 Å². The van der Waals surface area contributed by atoms with Crippen molar-refractivity contribution in [2.75, 3.05) is 13.2 Å². The van der Waals surface area contributed by atoms with Crippen molar-refractivity contribution >= 4 is 11.8 Å². The number of halogens is 1. The Hall–Kier alpha value is -2.89. The third-order valence-electron chi connectivity index (χ3n) is 3.96. The van der Waals surface area contributed by atoms with Crippen molar-refractivity contribution in [3.8, 4) is 5.75 Å². The highest BCUT2D eigenvalue weighted by atomic mass is 19.1. The number of carbonyl (C=O) groups is 2. The Labute approximate surface area is 158 Å². The number of ether oxygens (including phenoxy) is 1. The molecule has 0 spiro atoms. The lowest BCUT2D eigenvalue weighted by molar-refractivity contribution is -0.129. The van der Waals surface area contributed by atoms with E-state index in [2.05, 4.69) is 10.6 Å². The largest absolute Gasteiger partial charge is 0.492 e. The third kappa shape index (κ3) is 7.09. The lowest BCUT2D eigenvalue weighted by Crippen LogP contribution is -2.50. The second-order valence-corrected chi connectivity index (χ2v) is 6.54. The quantitative estimate of drug-likeness (QED) is 0.665. The molecule has 0 bridgehead atoms. The molecule has 2 amide bonds. The first-order valence-electron chi connectivity index (χ1n) is 8.95. The highest BCUT2D eigenvalue weighted by Crippen LogP contribution is 2.10. The molecule has 0 heterocycles. The van der Waals surface area contributed by atoms with Gasteiger partial charge in [-0.15, -0.1) is 0 Å². The van der Waals surface area contributed by atoms with Crippen molar-refractivity contribution in [3.63, 3.8) is 0 Å². The maximum Gasteiger partial charge on any atom is 0.242 e. The smallest absolute Gasteiger partial charge is 0.242 e. The van der Waals surface area contributed by atoms with Gasteiger partial charge in [0.15, 0.2) is 0 Å². The maximum atomic E-state index is 12.8. The van der Waals surface area contributed by atoms with Gasteiger partial charge in [-0.1, -0.05) is 44.2 Å². The second-order valence-electron chi connectivity index (χ2n) is 6.54. The summed E-state index contributed by atoms with van der Waals surface area (Å²) >= 11 is 0. The van der Waals surface area contributed by atoms with Crippen molar-refractivity contribution in [2.24, 2.45) is 5.92 Å².